The Hall–Kier alpha value is -1.43. The predicted octanol–water partition coefficient (Wildman–Crippen LogP) is 3.30. The van der Waals surface area contributed by atoms with E-state index in [1.165, 1.54) is 11.8 Å². The average molecular weight is 282 g/mol. The Balaban J connectivity index is 2.18. The van der Waals surface area contributed by atoms with Gasteiger partial charge in [-0.25, -0.2) is 0 Å². The standard InChI is InChI=1S/C13H18N2O3S/c1-9(2)18-13-7-10(3-4-12(13)15(16)17)14-11-5-6-19-8-11/h3-4,7,9,11,14H,5-6,8H2,1-2H3. The molecule has 1 aliphatic rings. The second-order valence-electron chi connectivity index (χ2n) is 4.81. The number of hydrogen-bond acceptors (Lipinski definition) is 5. The number of benzene rings is 1. The van der Waals surface area contributed by atoms with Crippen molar-refractivity contribution in [3.8, 4) is 5.75 Å². The second kappa shape index (κ2) is 6.14. The van der Waals surface area contributed by atoms with E-state index in [-0.39, 0.29) is 11.8 Å². The summed E-state index contributed by atoms with van der Waals surface area (Å²) in [6.07, 6.45) is 1.04. The van der Waals surface area contributed by atoms with Crippen molar-refractivity contribution in [2.24, 2.45) is 0 Å². The molecule has 0 aliphatic carbocycles. The fourth-order valence-corrected chi connectivity index (χ4v) is 3.14. The maximum absolute atomic E-state index is 11.0. The lowest BCUT2D eigenvalue weighted by Gasteiger charge is -2.15. The summed E-state index contributed by atoms with van der Waals surface area (Å²) in [5.41, 5.74) is 0.897. The molecule has 0 radical (unpaired) electrons. The Morgan fingerprint density at radius 3 is 2.89 bits per heavy atom. The molecule has 0 saturated carbocycles. The van der Waals surface area contributed by atoms with Gasteiger partial charge in [-0.05, 0) is 32.1 Å². The third-order valence-electron chi connectivity index (χ3n) is 2.82. The van der Waals surface area contributed by atoms with E-state index in [1.807, 2.05) is 25.6 Å². The van der Waals surface area contributed by atoms with Crippen molar-refractivity contribution in [3.05, 3.63) is 28.3 Å². The summed E-state index contributed by atoms with van der Waals surface area (Å²) in [5.74, 6) is 2.58. The zero-order valence-electron chi connectivity index (χ0n) is 11.1. The first-order valence-electron chi connectivity index (χ1n) is 6.35. The van der Waals surface area contributed by atoms with Crippen molar-refractivity contribution in [1.82, 2.24) is 0 Å². The van der Waals surface area contributed by atoms with Crippen molar-refractivity contribution < 1.29 is 9.66 Å². The molecule has 0 spiro atoms. The molecular formula is C13H18N2O3S. The maximum atomic E-state index is 11.0. The van der Waals surface area contributed by atoms with E-state index in [1.54, 1.807) is 12.1 Å². The van der Waals surface area contributed by atoms with Gasteiger partial charge in [0.05, 0.1) is 11.0 Å². The lowest BCUT2D eigenvalue weighted by atomic mass is 10.2. The number of hydrogen-bond donors (Lipinski definition) is 1. The van der Waals surface area contributed by atoms with Gasteiger partial charge in [0.25, 0.3) is 0 Å². The van der Waals surface area contributed by atoms with Crippen LogP contribution in [0.2, 0.25) is 0 Å². The zero-order chi connectivity index (χ0) is 13.8. The van der Waals surface area contributed by atoms with E-state index in [2.05, 4.69) is 5.32 Å². The van der Waals surface area contributed by atoms with E-state index in [9.17, 15) is 10.1 Å². The van der Waals surface area contributed by atoms with Crippen LogP contribution in [0.15, 0.2) is 18.2 Å². The van der Waals surface area contributed by atoms with Crippen LogP contribution in [0.3, 0.4) is 0 Å². The van der Waals surface area contributed by atoms with Gasteiger partial charge in [0, 0.05) is 29.6 Å². The van der Waals surface area contributed by atoms with Crippen molar-refractivity contribution >= 4 is 23.1 Å². The summed E-state index contributed by atoms with van der Waals surface area (Å²) in [6, 6.07) is 5.41. The topological polar surface area (TPSA) is 64.4 Å². The molecule has 1 aromatic rings. The second-order valence-corrected chi connectivity index (χ2v) is 5.96. The van der Waals surface area contributed by atoms with Gasteiger partial charge in [-0.2, -0.15) is 11.8 Å². The van der Waals surface area contributed by atoms with Gasteiger partial charge in [0.1, 0.15) is 0 Å². The number of nitro groups is 1. The molecule has 1 heterocycles. The number of rotatable bonds is 5. The molecule has 0 bridgehead atoms. The number of ether oxygens (including phenoxy) is 1. The smallest absolute Gasteiger partial charge is 0.311 e. The van der Waals surface area contributed by atoms with Crippen LogP contribution in [-0.2, 0) is 0 Å². The summed E-state index contributed by atoms with van der Waals surface area (Å²) < 4.78 is 5.52. The third-order valence-corrected chi connectivity index (χ3v) is 3.98. The maximum Gasteiger partial charge on any atom is 0.311 e. The normalized spacial score (nSPS) is 18.6. The van der Waals surface area contributed by atoms with Crippen molar-refractivity contribution in [2.75, 3.05) is 16.8 Å². The summed E-state index contributed by atoms with van der Waals surface area (Å²) >= 11 is 1.92. The Morgan fingerprint density at radius 1 is 1.53 bits per heavy atom. The number of thioether (sulfide) groups is 1. The first-order valence-corrected chi connectivity index (χ1v) is 7.51. The quantitative estimate of drug-likeness (QED) is 0.663. The Bertz CT molecular complexity index is 459. The summed E-state index contributed by atoms with van der Waals surface area (Å²) in [5, 5.41) is 14.4. The van der Waals surface area contributed by atoms with Gasteiger partial charge in [-0.1, -0.05) is 0 Å². The summed E-state index contributed by atoms with van der Waals surface area (Å²) in [6.45, 7) is 3.72. The molecule has 1 N–H and O–H groups in total. The highest BCUT2D eigenvalue weighted by Gasteiger charge is 2.19. The van der Waals surface area contributed by atoms with Gasteiger partial charge in [-0.3, -0.25) is 10.1 Å². The Labute approximate surface area is 116 Å². The van der Waals surface area contributed by atoms with Crippen LogP contribution in [0.1, 0.15) is 20.3 Å². The SMILES string of the molecule is CC(C)Oc1cc(NC2CCSC2)ccc1[N+](=O)[O-]. The highest BCUT2D eigenvalue weighted by molar-refractivity contribution is 7.99. The highest BCUT2D eigenvalue weighted by atomic mass is 32.2. The van der Waals surface area contributed by atoms with Crippen LogP contribution in [0.25, 0.3) is 0 Å². The molecule has 104 valence electrons. The van der Waals surface area contributed by atoms with Crippen LogP contribution in [0.5, 0.6) is 5.75 Å². The zero-order valence-corrected chi connectivity index (χ0v) is 11.9. The molecule has 1 saturated heterocycles. The molecule has 0 aromatic heterocycles. The molecule has 5 nitrogen and oxygen atoms in total. The molecule has 0 amide bonds. The highest BCUT2D eigenvalue weighted by Crippen LogP contribution is 2.32. The first kappa shape index (κ1) is 14.0. The first-order chi connectivity index (χ1) is 9.06. The fourth-order valence-electron chi connectivity index (χ4n) is 1.99. The molecule has 1 unspecified atom stereocenters. The van der Waals surface area contributed by atoms with E-state index in [0.717, 1.165) is 17.9 Å². The van der Waals surface area contributed by atoms with Crippen LogP contribution in [0, 0.1) is 10.1 Å². The summed E-state index contributed by atoms with van der Waals surface area (Å²) in [4.78, 5) is 10.6. The van der Waals surface area contributed by atoms with Crippen LogP contribution in [-0.4, -0.2) is 28.6 Å². The lowest BCUT2D eigenvalue weighted by Crippen LogP contribution is -2.18. The van der Waals surface area contributed by atoms with Crippen LogP contribution < -0.4 is 10.1 Å². The number of anilines is 1. The molecular weight excluding hydrogens is 264 g/mol. The fraction of sp³-hybridized carbons (Fsp3) is 0.538. The van der Waals surface area contributed by atoms with Gasteiger partial charge in [-0.15, -0.1) is 0 Å². The molecule has 1 atom stereocenters. The lowest BCUT2D eigenvalue weighted by molar-refractivity contribution is -0.386. The average Bonchev–Trinajstić information content (AvgIpc) is 2.80. The minimum absolute atomic E-state index is 0.0139. The van der Waals surface area contributed by atoms with E-state index in [4.69, 9.17) is 4.74 Å². The van der Waals surface area contributed by atoms with E-state index < -0.39 is 4.92 Å². The summed E-state index contributed by atoms with van der Waals surface area (Å²) in [7, 11) is 0. The van der Waals surface area contributed by atoms with Crippen molar-refractivity contribution in [2.45, 2.75) is 32.4 Å². The number of nitrogens with zero attached hydrogens (tertiary/aromatic N) is 1. The number of nitrogens with one attached hydrogen (secondary N) is 1. The molecule has 19 heavy (non-hydrogen) atoms. The molecule has 1 aliphatic heterocycles. The predicted molar refractivity (Wildman–Crippen MR) is 78.2 cm³/mol. The molecule has 2 rings (SSSR count). The Kier molecular flexibility index (Phi) is 4.52. The van der Waals surface area contributed by atoms with Gasteiger partial charge in [0.2, 0.25) is 0 Å². The van der Waals surface area contributed by atoms with Crippen LogP contribution >= 0.6 is 11.8 Å². The van der Waals surface area contributed by atoms with Gasteiger partial charge in [0.15, 0.2) is 5.75 Å². The van der Waals surface area contributed by atoms with E-state index in [0.29, 0.717) is 11.8 Å². The minimum Gasteiger partial charge on any atom is -0.484 e. The van der Waals surface area contributed by atoms with Gasteiger partial charge >= 0.3 is 5.69 Å². The van der Waals surface area contributed by atoms with Crippen molar-refractivity contribution in [3.63, 3.8) is 0 Å². The largest absolute Gasteiger partial charge is 0.484 e. The van der Waals surface area contributed by atoms with Gasteiger partial charge < -0.3 is 10.1 Å². The molecule has 1 fully saturated rings. The third kappa shape index (κ3) is 3.76. The van der Waals surface area contributed by atoms with E-state index >= 15 is 0 Å². The van der Waals surface area contributed by atoms with Crippen molar-refractivity contribution in [1.29, 1.82) is 0 Å². The number of nitro benzene ring substituents is 1. The van der Waals surface area contributed by atoms with Crippen LogP contribution in [0.4, 0.5) is 11.4 Å². The Morgan fingerprint density at radius 2 is 2.32 bits per heavy atom. The molecule has 6 heteroatoms. The molecule has 1 aromatic carbocycles. The minimum atomic E-state index is -0.410. The monoisotopic (exact) mass is 282 g/mol.